The lowest BCUT2D eigenvalue weighted by molar-refractivity contribution is 1.19. The van der Waals surface area contributed by atoms with Crippen LogP contribution in [0.15, 0.2) is 12.3 Å². The van der Waals surface area contributed by atoms with E-state index in [4.69, 9.17) is 11.6 Å². The molecule has 0 amide bonds. The van der Waals surface area contributed by atoms with Crippen molar-refractivity contribution < 1.29 is 0 Å². The number of hydrazine groups is 1. The zero-order valence-electron chi connectivity index (χ0n) is 5.76. The van der Waals surface area contributed by atoms with E-state index in [-0.39, 0.29) is 0 Å². The number of nitrogens with one attached hydrogen (secondary N) is 1. The van der Waals surface area contributed by atoms with E-state index in [1.807, 2.05) is 6.92 Å². The first-order valence-corrected chi connectivity index (χ1v) is 2.93. The van der Waals surface area contributed by atoms with Gasteiger partial charge < -0.3 is 11.2 Å². The molecule has 0 spiro atoms. The average Bonchev–Trinajstić information content (AvgIpc) is 1.88. The third-order valence-electron chi connectivity index (χ3n) is 1.23. The summed E-state index contributed by atoms with van der Waals surface area (Å²) < 4.78 is 0. The second-order valence-electron chi connectivity index (χ2n) is 2.06. The number of hydrogen-bond donors (Lipinski definition) is 3. The van der Waals surface area contributed by atoms with E-state index < -0.39 is 0 Å². The van der Waals surface area contributed by atoms with Crippen LogP contribution in [-0.2, 0) is 0 Å². The van der Waals surface area contributed by atoms with Gasteiger partial charge in [0.15, 0.2) is 0 Å². The van der Waals surface area contributed by atoms with Gasteiger partial charge in [0, 0.05) is 5.69 Å². The van der Waals surface area contributed by atoms with Crippen molar-refractivity contribution in [2.24, 2.45) is 5.84 Å². The first-order valence-electron chi connectivity index (χ1n) is 2.93. The second kappa shape index (κ2) is 2.53. The Bertz CT molecular complexity index is 233. The fraction of sp³-hybridized carbons (Fsp3) is 0.167. The Balaban J connectivity index is 3.07. The van der Waals surface area contributed by atoms with Crippen molar-refractivity contribution in [1.82, 2.24) is 4.98 Å². The van der Waals surface area contributed by atoms with Crippen LogP contribution < -0.4 is 17.0 Å². The summed E-state index contributed by atoms with van der Waals surface area (Å²) in [6, 6.07) is 1.76. The second-order valence-corrected chi connectivity index (χ2v) is 2.06. The van der Waals surface area contributed by atoms with Gasteiger partial charge in [-0.1, -0.05) is 0 Å². The normalized spacial score (nSPS) is 9.40. The van der Waals surface area contributed by atoms with Gasteiger partial charge in [-0.2, -0.15) is 0 Å². The van der Waals surface area contributed by atoms with E-state index in [9.17, 15) is 0 Å². The van der Waals surface area contributed by atoms with Gasteiger partial charge in [-0.15, -0.1) is 0 Å². The summed E-state index contributed by atoms with van der Waals surface area (Å²) in [4.78, 5) is 3.99. The Labute approximate surface area is 59.2 Å². The van der Waals surface area contributed by atoms with Gasteiger partial charge in [-0.25, -0.2) is 0 Å². The summed E-state index contributed by atoms with van der Waals surface area (Å²) in [7, 11) is 0. The molecule has 4 nitrogen and oxygen atoms in total. The highest BCUT2D eigenvalue weighted by Crippen LogP contribution is 2.14. The molecule has 0 bridgehead atoms. The van der Waals surface area contributed by atoms with Crippen molar-refractivity contribution in [2.75, 3.05) is 11.2 Å². The summed E-state index contributed by atoms with van der Waals surface area (Å²) in [6.45, 7) is 1.87. The highest BCUT2D eigenvalue weighted by Gasteiger charge is 1.95. The molecule has 0 fully saturated rings. The van der Waals surface area contributed by atoms with Gasteiger partial charge in [0.2, 0.25) is 0 Å². The fourth-order valence-electron chi connectivity index (χ4n) is 0.702. The fourth-order valence-corrected chi connectivity index (χ4v) is 0.702. The molecule has 1 aromatic heterocycles. The number of nitrogen functional groups attached to an aromatic ring is 2. The molecule has 0 saturated carbocycles. The predicted octanol–water partition coefficient (Wildman–Crippen LogP) is 0.258. The maximum absolute atomic E-state index is 5.55. The van der Waals surface area contributed by atoms with Crippen LogP contribution in [0.4, 0.5) is 11.4 Å². The summed E-state index contributed by atoms with van der Waals surface area (Å²) in [5.74, 6) is 5.13. The van der Waals surface area contributed by atoms with E-state index in [1.165, 1.54) is 0 Å². The van der Waals surface area contributed by atoms with Crippen molar-refractivity contribution in [3.05, 3.63) is 18.0 Å². The van der Waals surface area contributed by atoms with Gasteiger partial charge in [0.1, 0.15) is 0 Å². The Kier molecular flexibility index (Phi) is 1.73. The zero-order valence-corrected chi connectivity index (χ0v) is 5.76. The third kappa shape index (κ3) is 1.16. The highest BCUT2D eigenvalue weighted by atomic mass is 15.2. The minimum absolute atomic E-state index is 0.620. The molecule has 0 aromatic carbocycles. The Morgan fingerprint density at radius 2 is 2.30 bits per heavy atom. The molecule has 1 heterocycles. The van der Waals surface area contributed by atoms with Crippen molar-refractivity contribution >= 4 is 11.4 Å². The largest absolute Gasteiger partial charge is 0.397 e. The number of rotatable bonds is 1. The Morgan fingerprint density at radius 3 is 2.80 bits per heavy atom. The Hall–Kier alpha value is -1.29. The van der Waals surface area contributed by atoms with Crippen LogP contribution in [0.5, 0.6) is 0 Å². The van der Waals surface area contributed by atoms with Crippen molar-refractivity contribution in [3.63, 3.8) is 0 Å². The molecule has 0 unspecified atom stereocenters. The number of nitrogens with zero attached hydrogens (tertiary/aromatic N) is 1. The molecule has 0 aliphatic heterocycles. The number of anilines is 2. The lowest BCUT2D eigenvalue weighted by Crippen LogP contribution is -2.09. The molecule has 0 saturated heterocycles. The van der Waals surface area contributed by atoms with E-state index >= 15 is 0 Å². The summed E-state index contributed by atoms with van der Waals surface area (Å²) >= 11 is 0. The van der Waals surface area contributed by atoms with Gasteiger partial charge in [0.05, 0.1) is 17.6 Å². The molecule has 10 heavy (non-hydrogen) atoms. The van der Waals surface area contributed by atoms with Crippen molar-refractivity contribution in [2.45, 2.75) is 6.92 Å². The summed E-state index contributed by atoms with van der Waals surface area (Å²) in [5, 5.41) is 0. The number of pyridine rings is 1. The summed E-state index contributed by atoms with van der Waals surface area (Å²) in [5.41, 5.74) is 10.1. The molecule has 0 radical (unpaired) electrons. The first kappa shape index (κ1) is 6.82. The topological polar surface area (TPSA) is 77.0 Å². The van der Waals surface area contributed by atoms with Crippen LogP contribution in [0.2, 0.25) is 0 Å². The number of nitrogens with two attached hydrogens (primary N) is 2. The maximum atomic E-state index is 5.55. The van der Waals surface area contributed by atoms with Crippen LogP contribution in [-0.4, -0.2) is 4.98 Å². The van der Waals surface area contributed by atoms with E-state index in [2.05, 4.69) is 10.4 Å². The molecule has 0 atom stereocenters. The van der Waals surface area contributed by atoms with Crippen LogP contribution in [0.25, 0.3) is 0 Å². The highest BCUT2D eigenvalue weighted by molar-refractivity contribution is 5.64. The number of hydrogen-bond acceptors (Lipinski definition) is 4. The van der Waals surface area contributed by atoms with E-state index in [1.54, 1.807) is 12.3 Å². The van der Waals surface area contributed by atoms with Crippen LogP contribution >= 0.6 is 0 Å². The molecule has 0 aliphatic rings. The van der Waals surface area contributed by atoms with Crippen LogP contribution in [0.3, 0.4) is 0 Å². The average molecular weight is 138 g/mol. The minimum Gasteiger partial charge on any atom is -0.397 e. The van der Waals surface area contributed by atoms with Crippen molar-refractivity contribution in [1.29, 1.82) is 0 Å². The zero-order chi connectivity index (χ0) is 7.56. The van der Waals surface area contributed by atoms with Gasteiger partial charge in [0.25, 0.3) is 0 Å². The van der Waals surface area contributed by atoms with E-state index in [0.717, 1.165) is 5.69 Å². The molecular weight excluding hydrogens is 128 g/mol. The quantitative estimate of drug-likeness (QED) is 0.384. The van der Waals surface area contributed by atoms with Gasteiger partial charge in [-0.3, -0.25) is 10.8 Å². The lowest BCUT2D eigenvalue weighted by Gasteiger charge is -2.02. The Morgan fingerprint density at radius 1 is 1.60 bits per heavy atom. The molecule has 5 N–H and O–H groups in total. The number of aryl methyl sites for hydroxylation is 1. The maximum Gasteiger partial charge on any atom is 0.0902 e. The first-order chi connectivity index (χ1) is 4.74. The minimum atomic E-state index is 0.620. The molecule has 54 valence electrons. The standard InChI is InChI=1S/C6H10N4/c1-4-2-5(7)6(10-8)3-9-4/h2-3,10H,8H2,1H3,(H2,7,9). The lowest BCUT2D eigenvalue weighted by atomic mass is 10.3. The SMILES string of the molecule is Cc1cc(N)c(NN)cn1. The van der Waals surface area contributed by atoms with Crippen LogP contribution in [0, 0.1) is 6.92 Å². The third-order valence-corrected chi connectivity index (χ3v) is 1.23. The molecule has 4 heteroatoms. The molecule has 0 aliphatic carbocycles. The predicted molar refractivity (Wildman–Crippen MR) is 41.2 cm³/mol. The molecule has 1 rings (SSSR count). The van der Waals surface area contributed by atoms with Crippen LogP contribution in [0.1, 0.15) is 5.69 Å². The monoisotopic (exact) mass is 138 g/mol. The molecular formula is C6H10N4. The van der Waals surface area contributed by atoms with Crippen molar-refractivity contribution in [3.8, 4) is 0 Å². The number of aromatic nitrogens is 1. The summed E-state index contributed by atoms with van der Waals surface area (Å²) in [6.07, 6.45) is 1.60. The molecule has 1 aromatic rings. The smallest absolute Gasteiger partial charge is 0.0902 e. The van der Waals surface area contributed by atoms with Gasteiger partial charge >= 0.3 is 0 Å². The van der Waals surface area contributed by atoms with E-state index in [0.29, 0.717) is 11.4 Å². The van der Waals surface area contributed by atoms with Gasteiger partial charge in [-0.05, 0) is 13.0 Å².